The monoisotopic (exact) mass is 412 g/mol. The van der Waals surface area contributed by atoms with Gasteiger partial charge in [0.05, 0.1) is 17.6 Å². The number of nitrogens with one attached hydrogen (secondary N) is 2. The molecule has 2 N–H and O–H groups in total. The maximum Gasteiger partial charge on any atom is 0.221 e. The van der Waals surface area contributed by atoms with E-state index in [9.17, 15) is 4.79 Å². The molecule has 0 bridgehead atoms. The fourth-order valence-electron chi connectivity index (χ4n) is 4.84. The number of amides is 1. The average Bonchev–Trinajstić information content (AvgIpc) is 3.42. The summed E-state index contributed by atoms with van der Waals surface area (Å²) in [5, 5.41) is 8.47. The predicted molar refractivity (Wildman–Crippen MR) is 126 cm³/mol. The van der Waals surface area contributed by atoms with Crippen LogP contribution in [0.1, 0.15) is 51.5 Å². The van der Waals surface area contributed by atoms with Gasteiger partial charge < -0.3 is 10.3 Å². The van der Waals surface area contributed by atoms with Gasteiger partial charge in [0.2, 0.25) is 5.91 Å². The maximum atomic E-state index is 11.5. The van der Waals surface area contributed by atoms with Crippen molar-refractivity contribution >= 4 is 22.5 Å². The standard InChI is InChI=1S/C26H28N4O/c1-18(31)29-25-16-27-24-11-6-19(14-23(24)25)20-15-28-30(17-20)22-9-7-21(8-10-22)26(2)12-4-3-5-13-26/h6-11,14-17,27H,3-5,12-13H2,1-2H3,(H,29,31). The van der Waals surface area contributed by atoms with Gasteiger partial charge in [-0.2, -0.15) is 5.10 Å². The van der Waals surface area contributed by atoms with Crippen molar-refractivity contribution in [2.24, 2.45) is 0 Å². The Morgan fingerprint density at radius 1 is 1.06 bits per heavy atom. The molecule has 31 heavy (non-hydrogen) atoms. The van der Waals surface area contributed by atoms with Crippen LogP contribution in [0.4, 0.5) is 5.69 Å². The molecule has 0 atom stereocenters. The van der Waals surface area contributed by atoms with Gasteiger partial charge in [0.25, 0.3) is 0 Å². The lowest BCUT2D eigenvalue weighted by Crippen LogP contribution is -2.24. The van der Waals surface area contributed by atoms with Gasteiger partial charge >= 0.3 is 0 Å². The smallest absolute Gasteiger partial charge is 0.221 e. The first-order valence-electron chi connectivity index (χ1n) is 11.1. The molecule has 1 fully saturated rings. The van der Waals surface area contributed by atoms with Crippen LogP contribution in [-0.4, -0.2) is 20.7 Å². The van der Waals surface area contributed by atoms with Gasteiger partial charge in [-0.1, -0.05) is 44.4 Å². The number of carbonyl (C=O) groups is 1. The van der Waals surface area contributed by atoms with Crippen molar-refractivity contribution in [1.82, 2.24) is 14.8 Å². The summed E-state index contributed by atoms with van der Waals surface area (Å²) >= 11 is 0. The minimum atomic E-state index is -0.0790. The Bertz CT molecular complexity index is 1230. The summed E-state index contributed by atoms with van der Waals surface area (Å²) in [6.07, 6.45) is 12.4. The normalized spacial score (nSPS) is 15.8. The van der Waals surface area contributed by atoms with Gasteiger partial charge in [-0.3, -0.25) is 4.79 Å². The van der Waals surface area contributed by atoms with Gasteiger partial charge in [0.15, 0.2) is 0 Å². The fraction of sp³-hybridized carbons (Fsp3) is 0.308. The molecular formula is C26H28N4O. The summed E-state index contributed by atoms with van der Waals surface area (Å²) in [7, 11) is 0. The Labute approximate surface area is 182 Å². The highest BCUT2D eigenvalue weighted by Crippen LogP contribution is 2.39. The molecule has 0 aliphatic heterocycles. The van der Waals surface area contributed by atoms with E-state index >= 15 is 0 Å². The molecule has 1 saturated carbocycles. The van der Waals surface area contributed by atoms with Crippen LogP contribution in [0, 0.1) is 0 Å². The number of anilines is 1. The lowest BCUT2D eigenvalue weighted by atomic mass is 9.71. The van der Waals surface area contributed by atoms with E-state index in [1.807, 2.05) is 23.1 Å². The maximum absolute atomic E-state index is 11.5. The number of benzene rings is 2. The minimum Gasteiger partial charge on any atom is -0.359 e. The molecule has 5 heteroatoms. The summed E-state index contributed by atoms with van der Waals surface area (Å²) in [5.41, 5.74) is 6.71. The quantitative estimate of drug-likeness (QED) is 0.419. The zero-order chi connectivity index (χ0) is 21.4. The van der Waals surface area contributed by atoms with Crippen molar-refractivity contribution in [2.45, 2.75) is 51.4 Å². The predicted octanol–water partition coefficient (Wildman–Crippen LogP) is 6.20. The fourth-order valence-corrected chi connectivity index (χ4v) is 4.84. The van der Waals surface area contributed by atoms with Crippen LogP contribution in [0.3, 0.4) is 0 Å². The number of rotatable bonds is 4. The minimum absolute atomic E-state index is 0.0790. The van der Waals surface area contributed by atoms with Crippen molar-refractivity contribution < 1.29 is 4.79 Å². The molecule has 1 amide bonds. The zero-order valence-electron chi connectivity index (χ0n) is 18.1. The summed E-state index contributed by atoms with van der Waals surface area (Å²) in [5.74, 6) is -0.0790. The Morgan fingerprint density at radius 3 is 2.58 bits per heavy atom. The molecule has 1 aliphatic rings. The first-order valence-corrected chi connectivity index (χ1v) is 11.1. The number of hydrogen-bond acceptors (Lipinski definition) is 2. The van der Waals surface area contributed by atoms with Crippen LogP contribution in [0.25, 0.3) is 27.7 Å². The molecule has 5 rings (SSSR count). The summed E-state index contributed by atoms with van der Waals surface area (Å²) in [4.78, 5) is 14.7. The van der Waals surface area contributed by atoms with E-state index < -0.39 is 0 Å². The van der Waals surface area contributed by atoms with Crippen LogP contribution in [-0.2, 0) is 10.2 Å². The topological polar surface area (TPSA) is 62.7 Å². The van der Waals surface area contributed by atoms with Gasteiger partial charge in [0.1, 0.15) is 0 Å². The summed E-state index contributed by atoms with van der Waals surface area (Å²) in [6.45, 7) is 3.92. The number of aromatic amines is 1. The van der Waals surface area contributed by atoms with Gasteiger partial charge in [-0.15, -0.1) is 0 Å². The van der Waals surface area contributed by atoms with Crippen molar-refractivity contribution in [2.75, 3.05) is 5.32 Å². The highest BCUT2D eigenvalue weighted by molar-refractivity contribution is 6.02. The first kappa shape index (κ1) is 19.6. The highest BCUT2D eigenvalue weighted by atomic mass is 16.1. The van der Waals surface area contributed by atoms with E-state index in [4.69, 9.17) is 0 Å². The Morgan fingerprint density at radius 2 is 1.84 bits per heavy atom. The van der Waals surface area contributed by atoms with Crippen LogP contribution in [0.2, 0.25) is 0 Å². The zero-order valence-corrected chi connectivity index (χ0v) is 18.1. The van der Waals surface area contributed by atoms with Crippen molar-refractivity contribution in [1.29, 1.82) is 0 Å². The van der Waals surface area contributed by atoms with Crippen molar-refractivity contribution in [3.8, 4) is 16.8 Å². The molecule has 0 radical (unpaired) electrons. The number of fused-ring (bicyclic) bond motifs is 1. The number of hydrogen-bond donors (Lipinski definition) is 2. The first-order chi connectivity index (χ1) is 15.0. The second-order valence-corrected chi connectivity index (χ2v) is 8.99. The highest BCUT2D eigenvalue weighted by Gasteiger charge is 2.28. The number of carbonyl (C=O) groups excluding carboxylic acids is 1. The van der Waals surface area contributed by atoms with Crippen LogP contribution < -0.4 is 5.32 Å². The van der Waals surface area contributed by atoms with Crippen molar-refractivity contribution in [3.05, 3.63) is 66.6 Å². The molecule has 158 valence electrons. The lowest BCUT2D eigenvalue weighted by Gasteiger charge is -2.34. The van der Waals surface area contributed by atoms with E-state index in [1.54, 1.807) is 0 Å². The number of nitrogens with zero attached hydrogens (tertiary/aromatic N) is 2. The van der Waals surface area contributed by atoms with E-state index in [-0.39, 0.29) is 5.91 Å². The van der Waals surface area contributed by atoms with Gasteiger partial charge in [0, 0.05) is 35.8 Å². The molecule has 5 nitrogen and oxygen atoms in total. The molecule has 0 spiro atoms. The second-order valence-electron chi connectivity index (χ2n) is 8.99. The number of aromatic nitrogens is 3. The van der Waals surface area contributed by atoms with E-state index in [0.29, 0.717) is 5.41 Å². The molecule has 2 heterocycles. The third-order valence-electron chi connectivity index (χ3n) is 6.69. The Hall–Kier alpha value is -3.34. The van der Waals surface area contributed by atoms with Crippen LogP contribution in [0.5, 0.6) is 0 Å². The summed E-state index contributed by atoms with van der Waals surface area (Å²) < 4.78 is 1.93. The third kappa shape index (κ3) is 3.76. The lowest BCUT2D eigenvalue weighted by molar-refractivity contribution is -0.114. The van der Waals surface area contributed by atoms with Gasteiger partial charge in [-0.25, -0.2) is 4.68 Å². The number of H-pyrrole nitrogens is 1. The third-order valence-corrected chi connectivity index (χ3v) is 6.69. The Kier molecular flexibility index (Phi) is 4.89. The largest absolute Gasteiger partial charge is 0.359 e. The van der Waals surface area contributed by atoms with Gasteiger partial charge in [-0.05, 0) is 53.6 Å². The second kappa shape index (κ2) is 7.73. The molecule has 4 aromatic rings. The molecule has 1 aliphatic carbocycles. The van der Waals surface area contributed by atoms with Crippen molar-refractivity contribution in [3.63, 3.8) is 0 Å². The molecule has 0 saturated heterocycles. The molecule has 2 aromatic carbocycles. The molecular weight excluding hydrogens is 384 g/mol. The molecule has 0 unspecified atom stereocenters. The van der Waals surface area contributed by atoms with E-state index in [0.717, 1.165) is 33.4 Å². The van der Waals surface area contributed by atoms with E-state index in [1.165, 1.54) is 44.6 Å². The SMILES string of the molecule is CC(=O)Nc1c[nH]c2ccc(-c3cnn(-c4ccc(C5(C)CCCCC5)cc4)c3)cc12. The van der Waals surface area contributed by atoms with E-state index in [2.05, 4.69) is 64.9 Å². The Balaban J connectivity index is 1.41. The van der Waals surface area contributed by atoms with Crippen LogP contribution in [0.15, 0.2) is 61.1 Å². The summed E-state index contributed by atoms with van der Waals surface area (Å²) in [6, 6.07) is 15.1. The molecule has 2 aromatic heterocycles. The average molecular weight is 413 g/mol. The van der Waals surface area contributed by atoms with Crippen LogP contribution >= 0.6 is 0 Å².